The Morgan fingerprint density at radius 3 is 2.35 bits per heavy atom. The first kappa shape index (κ1) is 12.3. The lowest BCUT2D eigenvalue weighted by atomic mass is 10.4. The van der Waals surface area contributed by atoms with Gasteiger partial charge < -0.3 is 0 Å². The van der Waals surface area contributed by atoms with Crippen molar-refractivity contribution in [2.45, 2.75) is 36.6 Å². The third-order valence-electron chi connectivity index (χ3n) is 2.26. The monoisotopic (exact) mass is 270 g/mol. The fraction of sp³-hybridized carbons (Fsp3) is 0.714. The van der Waals surface area contributed by atoms with Gasteiger partial charge in [-0.1, -0.05) is 0 Å². The molecule has 0 bridgehead atoms. The molecule has 0 aliphatic heterocycles. The van der Waals surface area contributed by atoms with Gasteiger partial charge in [-0.05, 0) is 12.8 Å². The number of alkyl halides is 3. The smallest absolute Gasteiger partial charge is 0.297 e. The van der Waals surface area contributed by atoms with E-state index in [0.29, 0.717) is 12.8 Å². The summed E-state index contributed by atoms with van der Waals surface area (Å²) in [5.74, 6) is -0.413. The van der Waals surface area contributed by atoms with Crippen LogP contribution in [-0.2, 0) is 16.4 Å². The Morgan fingerprint density at radius 2 is 1.94 bits per heavy atom. The van der Waals surface area contributed by atoms with Crippen molar-refractivity contribution in [2.75, 3.05) is 0 Å². The minimum absolute atomic E-state index is 0.296. The third-order valence-corrected chi connectivity index (χ3v) is 3.05. The molecule has 1 fully saturated rings. The summed E-state index contributed by atoms with van der Waals surface area (Å²) in [5, 5.41) is 10.8. The van der Waals surface area contributed by atoms with Gasteiger partial charge in [-0.15, -0.1) is 10.2 Å². The van der Waals surface area contributed by atoms with Crippen molar-refractivity contribution in [1.82, 2.24) is 14.8 Å². The SMILES string of the molecule is NS(=O)(=O)c1nnc(CC(F)(F)F)n1C1CC1. The zero-order valence-electron chi connectivity index (χ0n) is 8.48. The van der Waals surface area contributed by atoms with E-state index in [4.69, 9.17) is 5.14 Å². The maximum Gasteiger partial charge on any atom is 0.396 e. The predicted octanol–water partition coefficient (Wildman–Crippen LogP) is 0.365. The van der Waals surface area contributed by atoms with E-state index < -0.39 is 33.6 Å². The lowest BCUT2D eigenvalue weighted by molar-refractivity contribution is -0.129. The molecule has 0 radical (unpaired) electrons. The van der Waals surface area contributed by atoms with Crippen molar-refractivity contribution >= 4 is 10.0 Å². The Labute approximate surface area is 94.7 Å². The summed E-state index contributed by atoms with van der Waals surface area (Å²) >= 11 is 0. The molecular weight excluding hydrogens is 261 g/mol. The zero-order valence-corrected chi connectivity index (χ0v) is 9.29. The average Bonchev–Trinajstić information content (AvgIpc) is 2.84. The minimum atomic E-state index is -4.46. The lowest BCUT2D eigenvalue weighted by Gasteiger charge is -2.09. The Kier molecular flexibility index (Phi) is 2.65. The van der Waals surface area contributed by atoms with Gasteiger partial charge >= 0.3 is 6.18 Å². The molecule has 96 valence electrons. The van der Waals surface area contributed by atoms with Crippen molar-refractivity contribution in [1.29, 1.82) is 0 Å². The predicted molar refractivity (Wildman–Crippen MR) is 49.4 cm³/mol. The highest BCUT2D eigenvalue weighted by molar-refractivity contribution is 7.89. The van der Waals surface area contributed by atoms with Crippen molar-refractivity contribution in [3.63, 3.8) is 0 Å². The fourth-order valence-electron chi connectivity index (χ4n) is 1.50. The van der Waals surface area contributed by atoms with Gasteiger partial charge in [-0.2, -0.15) is 13.2 Å². The molecule has 0 atom stereocenters. The quantitative estimate of drug-likeness (QED) is 0.858. The summed E-state index contributed by atoms with van der Waals surface area (Å²) in [4.78, 5) is 0. The number of nitrogens with zero attached hydrogens (tertiary/aromatic N) is 3. The van der Waals surface area contributed by atoms with Crippen LogP contribution in [0.15, 0.2) is 5.16 Å². The maximum absolute atomic E-state index is 12.2. The molecule has 6 nitrogen and oxygen atoms in total. The van der Waals surface area contributed by atoms with Gasteiger partial charge in [0.15, 0.2) is 0 Å². The summed E-state index contributed by atoms with van der Waals surface area (Å²) in [6.07, 6.45) is -4.57. The summed E-state index contributed by atoms with van der Waals surface area (Å²) < 4.78 is 60.0. The number of rotatable bonds is 3. The third kappa shape index (κ3) is 2.75. The zero-order chi connectivity index (χ0) is 12.8. The summed E-state index contributed by atoms with van der Waals surface area (Å²) in [5.41, 5.74) is 0. The molecule has 1 heterocycles. The van der Waals surface area contributed by atoms with E-state index in [0.717, 1.165) is 4.57 Å². The van der Waals surface area contributed by atoms with Crippen LogP contribution in [0.2, 0.25) is 0 Å². The number of halogens is 3. The molecule has 0 spiro atoms. The van der Waals surface area contributed by atoms with Gasteiger partial charge in [-0.3, -0.25) is 4.57 Å². The average molecular weight is 270 g/mol. The van der Waals surface area contributed by atoms with E-state index in [1.54, 1.807) is 0 Å². The highest BCUT2D eigenvalue weighted by atomic mass is 32.2. The van der Waals surface area contributed by atoms with Crippen LogP contribution in [0.5, 0.6) is 0 Å². The second kappa shape index (κ2) is 3.67. The van der Waals surface area contributed by atoms with E-state index in [9.17, 15) is 21.6 Å². The van der Waals surface area contributed by atoms with E-state index in [2.05, 4.69) is 10.2 Å². The maximum atomic E-state index is 12.2. The molecule has 0 amide bonds. The van der Waals surface area contributed by atoms with Gasteiger partial charge in [0.05, 0.1) is 0 Å². The Morgan fingerprint density at radius 1 is 1.35 bits per heavy atom. The minimum Gasteiger partial charge on any atom is -0.297 e. The highest BCUT2D eigenvalue weighted by Gasteiger charge is 2.37. The van der Waals surface area contributed by atoms with Crippen LogP contribution < -0.4 is 5.14 Å². The molecule has 1 aliphatic carbocycles. The van der Waals surface area contributed by atoms with Gasteiger partial charge in [0.1, 0.15) is 12.2 Å². The first-order valence-electron chi connectivity index (χ1n) is 4.72. The first-order valence-corrected chi connectivity index (χ1v) is 6.26. The molecule has 1 aromatic heterocycles. The van der Waals surface area contributed by atoms with Crippen LogP contribution >= 0.6 is 0 Å². The van der Waals surface area contributed by atoms with Crippen molar-refractivity contribution < 1.29 is 21.6 Å². The van der Waals surface area contributed by atoms with Crippen molar-refractivity contribution in [3.8, 4) is 0 Å². The van der Waals surface area contributed by atoms with E-state index in [1.807, 2.05) is 0 Å². The number of primary sulfonamides is 1. The normalized spacial score (nSPS) is 17.4. The topological polar surface area (TPSA) is 90.9 Å². The molecular formula is C7H9F3N4O2S. The second-order valence-corrected chi connectivity index (χ2v) is 5.29. The largest absolute Gasteiger partial charge is 0.396 e. The standard InChI is InChI=1S/C7H9F3N4O2S/c8-7(9,10)3-5-12-13-6(17(11,15)16)14(5)4-1-2-4/h4H,1-3H2,(H2,11,15,16). The van der Waals surface area contributed by atoms with E-state index >= 15 is 0 Å². The lowest BCUT2D eigenvalue weighted by Crippen LogP contribution is -2.21. The fourth-order valence-corrected chi connectivity index (χ4v) is 2.18. The molecule has 2 N–H and O–H groups in total. The molecule has 1 saturated carbocycles. The summed E-state index contributed by atoms with van der Waals surface area (Å²) in [7, 11) is -4.15. The van der Waals surface area contributed by atoms with Crippen LogP contribution in [0.4, 0.5) is 13.2 Å². The van der Waals surface area contributed by atoms with Gasteiger partial charge in [0.25, 0.3) is 15.2 Å². The Balaban J connectivity index is 2.44. The van der Waals surface area contributed by atoms with Crippen LogP contribution in [-0.4, -0.2) is 29.4 Å². The van der Waals surface area contributed by atoms with Crippen molar-refractivity contribution in [3.05, 3.63) is 5.82 Å². The van der Waals surface area contributed by atoms with Gasteiger partial charge in [0.2, 0.25) is 0 Å². The van der Waals surface area contributed by atoms with Crippen LogP contribution in [0, 0.1) is 0 Å². The molecule has 2 rings (SSSR count). The molecule has 0 saturated heterocycles. The number of hydrogen-bond acceptors (Lipinski definition) is 4. The van der Waals surface area contributed by atoms with Gasteiger partial charge in [0, 0.05) is 6.04 Å². The number of nitrogens with two attached hydrogens (primary N) is 1. The van der Waals surface area contributed by atoms with Crippen LogP contribution in [0.1, 0.15) is 24.7 Å². The number of hydrogen-bond donors (Lipinski definition) is 1. The second-order valence-electron chi connectivity index (χ2n) is 3.84. The molecule has 1 aromatic rings. The van der Waals surface area contributed by atoms with E-state index in [1.165, 1.54) is 0 Å². The molecule has 0 unspecified atom stereocenters. The summed E-state index contributed by atoms with van der Waals surface area (Å²) in [6, 6.07) is -0.296. The number of sulfonamides is 1. The highest BCUT2D eigenvalue weighted by Crippen LogP contribution is 2.38. The molecule has 1 aliphatic rings. The Bertz CT molecular complexity index is 532. The number of aromatic nitrogens is 3. The van der Waals surface area contributed by atoms with Crippen molar-refractivity contribution in [2.24, 2.45) is 5.14 Å². The van der Waals surface area contributed by atoms with E-state index in [-0.39, 0.29) is 6.04 Å². The first-order chi connectivity index (χ1) is 7.68. The van der Waals surface area contributed by atoms with Crippen LogP contribution in [0.3, 0.4) is 0 Å². The summed E-state index contributed by atoms with van der Waals surface area (Å²) in [6.45, 7) is 0. The molecule has 0 aromatic carbocycles. The molecule has 10 heteroatoms. The Hall–Kier alpha value is -1.16. The van der Waals surface area contributed by atoms with Crippen LogP contribution in [0.25, 0.3) is 0 Å². The molecule has 17 heavy (non-hydrogen) atoms. The van der Waals surface area contributed by atoms with Gasteiger partial charge in [-0.25, -0.2) is 13.6 Å².